The van der Waals surface area contributed by atoms with Crippen LogP contribution < -0.4 is 11.3 Å². The van der Waals surface area contributed by atoms with E-state index in [0.29, 0.717) is 22.2 Å². The molecule has 0 amide bonds. The fraction of sp³-hybridized carbons (Fsp3) is 0.100. The smallest absolute Gasteiger partial charge is 0.251 e. The maximum atomic E-state index is 11.3. The standard InChI is InChI=1S/C10H9ClN4O/c11-7-2-1-3-13-9(7)10-14-6(5-12)4-8(16)15-10/h1-4H,5,12H2,(H,14,15,16). The zero-order chi connectivity index (χ0) is 11.5. The highest BCUT2D eigenvalue weighted by Crippen LogP contribution is 2.20. The van der Waals surface area contributed by atoms with Crippen LogP contribution >= 0.6 is 11.6 Å². The van der Waals surface area contributed by atoms with Gasteiger partial charge in [0.05, 0.1) is 10.7 Å². The Labute approximate surface area is 96.3 Å². The van der Waals surface area contributed by atoms with Crippen molar-refractivity contribution in [3.63, 3.8) is 0 Å². The fourth-order valence-electron chi connectivity index (χ4n) is 1.28. The van der Waals surface area contributed by atoms with Gasteiger partial charge in [-0.15, -0.1) is 0 Å². The lowest BCUT2D eigenvalue weighted by Crippen LogP contribution is -2.13. The molecule has 2 aromatic rings. The van der Waals surface area contributed by atoms with Gasteiger partial charge in [-0.3, -0.25) is 9.78 Å². The van der Waals surface area contributed by atoms with Crippen LogP contribution in [0, 0.1) is 0 Å². The molecular formula is C10H9ClN4O. The van der Waals surface area contributed by atoms with Gasteiger partial charge in [-0.05, 0) is 12.1 Å². The van der Waals surface area contributed by atoms with Crippen molar-refractivity contribution >= 4 is 11.6 Å². The number of nitrogens with one attached hydrogen (secondary N) is 1. The van der Waals surface area contributed by atoms with E-state index >= 15 is 0 Å². The third-order valence-electron chi connectivity index (χ3n) is 1.99. The van der Waals surface area contributed by atoms with Crippen LogP contribution in [0.25, 0.3) is 11.5 Å². The quantitative estimate of drug-likeness (QED) is 0.813. The van der Waals surface area contributed by atoms with Gasteiger partial charge in [0.1, 0.15) is 5.69 Å². The van der Waals surface area contributed by atoms with Gasteiger partial charge in [0.2, 0.25) is 0 Å². The average molecular weight is 237 g/mol. The number of H-pyrrole nitrogens is 1. The third-order valence-corrected chi connectivity index (χ3v) is 2.29. The Morgan fingerprint density at radius 2 is 2.31 bits per heavy atom. The van der Waals surface area contributed by atoms with Crippen LogP contribution in [-0.4, -0.2) is 15.0 Å². The Morgan fingerprint density at radius 1 is 1.50 bits per heavy atom. The highest BCUT2D eigenvalue weighted by Gasteiger charge is 2.08. The molecule has 5 nitrogen and oxygen atoms in total. The van der Waals surface area contributed by atoms with Gasteiger partial charge < -0.3 is 10.7 Å². The summed E-state index contributed by atoms with van der Waals surface area (Å²) in [5, 5.41) is 0.430. The number of halogens is 1. The van der Waals surface area contributed by atoms with Crippen LogP contribution in [0.3, 0.4) is 0 Å². The van der Waals surface area contributed by atoms with Gasteiger partial charge >= 0.3 is 0 Å². The van der Waals surface area contributed by atoms with Gasteiger partial charge in [-0.1, -0.05) is 11.6 Å². The molecule has 2 rings (SSSR count). The molecule has 6 heteroatoms. The minimum Gasteiger partial charge on any atom is -0.325 e. The minimum atomic E-state index is -0.271. The Morgan fingerprint density at radius 3 is 3.00 bits per heavy atom. The lowest BCUT2D eigenvalue weighted by molar-refractivity contribution is 0.951. The van der Waals surface area contributed by atoms with E-state index in [9.17, 15) is 4.79 Å². The van der Waals surface area contributed by atoms with Crippen molar-refractivity contribution in [3.05, 3.63) is 45.5 Å². The molecule has 0 fully saturated rings. The number of pyridine rings is 1. The number of nitrogens with two attached hydrogens (primary N) is 1. The van der Waals surface area contributed by atoms with Crippen molar-refractivity contribution in [1.82, 2.24) is 15.0 Å². The third kappa shape index (κ3) is 2.10. The summed E-state index contributed by atoms with van der Waals surface area (Å²) in [5.41, 5.74) is 6.11. The van der Waals surface area contributed by atoms with Gasteiger partial charge in [0.15, 0.2) is 5.82 Å². The van der Waals surface area contributed by atoms with Crippen molar-refractivity contribution in [2.24, 2.45) is 5.73 Å². The van der Waals surface area contributed by atoms with Crippen molar-refractivity contribution < 1.29 is 0 Å². The zero-order valence-corrected chi connectivity index (χ0v) is 9.03. The highest BCUT2D eigenvalue weighted by atomic mass is 35.5. The zero-order valence-electron chi connectivity index (χ0n) is 8.27. The van der Waals surface area contributed by atoms with Crippen molar-refractivity contribution in [1.29, 1.82) is 0 Å². The maximum Gasteiger partial charge on any atom is 0.251 e. The molecule has 2 aromatic heterocycles. The van der Waals surface area contributed by atoms with Gasteiger partial charge in [-0.25, -0.2) is 4.98 Å². The largest absolute Gasteiger partial charge is 0.325 e. The molecular weight excluding hydrogens is 228 g/mol. The summed E-state index contributed by atoms with van der Waals surface area (Å²) in [7, 11) is 0. The molecule has 0 spiro atoms. The van der Waals surface area contributed by atoms with E-state index in [2.05, 4.69) is 15.0 Å². The second-order valence-electron chi connectivity index (χ2n) is 3.12. The lowest BCUT2D eigenvalue weighted by Gasteiger charge is -2.03. The first-order chi connectivity index (χ1) is 7.70. The minimum absolute atomic E-state index is 0.196. The van der Waals surface area contributed by atoms with Crippen molar-refractivity contribution in [2.75, 3.05) is 0 Å². The van der Waals surface area contributed by atoms with Crippen molar-refractivity contribution in [2.45, 2.75) is 6.54 Å². The van der Waals surface area contributed by atoms with E-state index in [4.69, 9.17) is 17.3 Å². The van der Waals surface area contributed by atoms with E-state index in [0.717, 1.165) is 0 Å². The van der Waals surface area contributed by atoms with E-state index in [1.54, 1.807) is 18.3 Å². The molecule has 2 heterocycles. The first-order valence-corrected chi connectivity index (χ1v) is 4.99. The predicted molar refractivity (Wildman–Crippen MR) is 61.0 cm³/mol. The summed E-state index contributed by atoms with van der Waals surface area (Å²) in [6.45, 7) is 0.196. The molecule has 0 aliphatic rings. The summed E-state index contributed by atoms with van der Waals surface area (Å²) in [4.78, 5) is 22.1. The number of aromatic amines is 1. The Bertz CT molecular complexity index is 567. The number of nitrogens with zero attached hydrogens (tertiary/aromatic N) is 2. The van der Waals surface area contributed by atoms with Crippen LogP contribution in [0.4, 0.5) is 0 Å². The molecule has 0 saturated carbocycles. The molecule has 3 N–H and O–H groups in total. The van der Waals surface area contributed by atoms with Gasteiger partial charge in [0.25, 0.3) is 5.56 Å². The molecule has 0 atom stereocenters. The summed E-state index contributed by atoms with van der Waals surface area (Å²) in [6.07, 6.45) is 1.58. The normalized spacial score (nSPS) is 10.4. The lowest BCUT2D eigenvalue weighted by atomic mass is 10.3. The second kappa shape index (κ2) is 4.42. The van der Waals surface area contributed by atoms with E-state index < -0.39 is 0 Å². The number of hydrogen-bond acceptors (Lipinski definition) is 4. The van der Waals surface area contributed by atoms with Crippen LogP contribution in [0.15, 0.2) is 29.2 Å². The summed E-state index contributed by atoms with van der Waals surface area (Å²) in [5.74, 6) is 0.332. The van der Waals surface area contributed by atoms with Gasteiger partial charge in [0, 0.05) is 18.8 Å². The molecule has 0 bridgehead atoms. The monoisotopic (exact) mass is 236 g/mol. The Kier molecular flexibility index (Phi) is 2.98. The van der Waals surface area contributed by atoms with Crippen LogP contribution in [-0.2, 0) is 6.54 Å². The van der Waals surface area contributed by atoms with E-state index in [-0.39, 0.29) is 12.1 Å². The molecule has 0 saturated heterocycles. The van der Waals surface area contributed by atoms with E-state index in [1.807, 2.05) is 0 Å². The number of rotatable bonds is 2. The van der Waals surface area contributed by atoms with Gasteiger partial charge in [-0.2, -0.15) is 0 Å². The first kappa shape index (κ1) is 10.8. The number of aromatic nitrogens is 3. The second-order valence-corrected chi connectivity index (χ2v) is 3.53. The SMILES string of the molecule is NCc1cc(=O)[nH]c(-c2ncccc2Cl)n1. The molecule has 0 aliphatic carbocycles. The van der Waals surface area contributed by atoms with Crippen LogP contribution in [0.2, 0.25) is 5.02 Å². The average Bonchev–Trinajstić information content (AvgIpc) is 2.28. The number of hydrogen-bond donors (Lipinski definition) is 2. The topological polar surface area (TPSA) is 84.7 Å². The molecule has 16 heavy (non-hydrogen) atoms. The molecule has 0 radical (unpaired) electrons. The Hall–Kier alpha value is -1.72. The van der Waals surface area contributed by atoms with Crippen molar-refractivity contribution in [3.8, 4) is 11.5 Å². The maximum absolute atomic E-state index is 11.3. The molecule has 0 unspecified atom stereocenters. The first-order valence-electron chi connectivity index (χ1n) is 4.62. The summed E-state index contributed by atoms with van der Waals surface area (Å²) < 4.78 is 0. The van der Waals surface area contributed by atoms with Crippen LogP contribution in [0.5, 0.6) is 0 Å². The highest BCUT2D eigenvalue weighted by molar-refractivity contribution is 6.32. The van der Waals surface area contributed by atoms with E-state index in [1.165, 1.54) is 6.07 Å². The molecule has 82 valence electrons. The fourth-order valence-corrected chi connectivity index (χ4v) is 1.50. The molecule has 0 aromatic carbocycles. The predicted octanol–water partition coefficient (Wildman–Crippen LogP) is 0.944. The summed E-state index contributed by atoms with van der Waals surface area (Å²) in [6, 6.07) is 4.73. The summed E-state index contributed by atoms with van der Waals surface area (Å²) >= 11 is 5.95. The molecule has 0 aliphatic heterocycles. The van der Waals surface area contributed by atoms with Crippen LogP contribution in [0.1, 0.15) is 5.69 Å². The Balaban J connectivity index is 2.60.